The van der Waals surface area contributed by atoms with Crippen molar-refractivity contribution in [2.24, 2.45) is 7.05 Å². The van der Waals surface area contributed by atoms with E-state index < -0.39 is 11.5 Å². The molecule has 0 radical (unpaired) electrons. The van der Waals surface area contributed by atoms with Crippen molar-refractivity contribution in [3.05, 3.63) is 57.0 Å². The number of fused-ring (bicyclic) bond motifs is 1. The van der Waals surface area contributed by atoms with Crippen molar-refractivity contribution in [2.75, 3.05) is 13.1 Å². The smallest absolute Gasteiger partial charge is 0.341 e. The maximum absolute atomic E-state index is 12.3. The lowest BCUT2D eigenvalue weighted by Crippen LogP contribution is -2.29. The number of piperidine rings is 1. The number of likely N-dealkylation sites (tertiary alicyclic amines) is 1. The largest absolute Gasteiger partial charge is 0.477 e. The van der Waals surface area contributed by atoms with Crippen LogP contribution in [0.4, 0.5) is 0 Å². The number of rotatable bonds is 5. The molecule has 1 aliphatic heterocycles. The van der Waals surface area contributed by atoms with Gasteiger partial charge in [-0.05, 0) is 80.2 Å². The number of benzene rings is 1. The summed E-state index contributed by atoms with van der Waals surface area (Å²) >= 11 is 0. The average molecular weight is 408 g/mol. The summed E-state index contributed by atoms with van der Waals surface area (Å²) in [5.41, 5.74) is 5.31. The number of H-pyrrole nitrogens is 1. The van der Waals surface area contributed by atoms with Gasteiger partial charge in [0.1, 0.15) is 5.56 Å². The van der Waals surface area contributed by atoms with E-state index in [-0.39, 0.29) is 5.56 Å². The lowest BCUT2D eigenvalue weighted by molar-refractivity contribution is 0.0695. The van der Waals surface area contributed by atoms with E-state index in [0.29, 0.717) is 12.1 Å². The molecule has 4 rings (SSSR count). The van der Waals surface area contributed by atoms with Crippen LogP contribution in [0.5, 0.6) is 0 Å². The molecule has 1 fully saturated rings. The summed E-state index contributed by atoms with van der Waals surface area (Å²) in [5, 5.41) is 10.4. The Kier molecular flexibility index (Phi) is 5.52. The van der Waals surface area contributed by atoms with Crippen LogP contribution in [0.1, 0.15) is 53.4 Å². The molecule has 158 valence electrons. The Bertz CT molecular complexity index is 1170. The molecule has 3 aromatic rings. The van der Waals surface area contributed by atoms with E-state index in [9.17, 15) is 14.7 Å². The predicted octanol–water partition coefficient (Wildman–Crippen LogP) is 4.09. The molecule has 0 unspecified atom stereocenters. The molecule has 0 amide bonds. The average Bonchev–Trinajstić information content (AvgIpc) is 3.04. The quantitative estimate of drug-likeness (QED) is 0.668. The fourth-order valence-corrected chi connectivity index (χ4v) is 4.71. The minimum atomic E-state index is -1.20. The number of aromatic nitrogens is 2. The Morgan fingerprint density at radius 2 is 1.87 bits per heavy atom. The summed E-state index contributed by atoms with van der Waals surface area (Å²) in [7, 11) is 2.12. The highest BCUT2D eigenvalue weighted by molar-refractivity contribution is 5.91. The van der Waals surface area contributed by atoms with Gasteiger partial charge in [-0.3, -0.25) is 9.69 Å². The van der Waals surface area contributed by atoms with Gasteiger partial charge in [0.2, 0.25) is 0 Å². The van der Waals surface area contributed by atoms with Crippen molar-refractivity contribution >= 4 is 16.9 Å². The van der Waals surface area contributed by atoms with Gasteiger partial charge in [-0.15, -0.1) is 0 Å². The van der Waals surface area contributed by atoms with Gasteiger partial charge in [0.15, 0.2) is 0 Å². The van der Waals surface area contributed by atoms with E-state index >= 15 is 0 Å². The number of nitrogens with one attached hydrogen (secondary N) is 1. The summed E-state index contributed by atoms with van der Waals surface area (Å²) in [4.78, 5) is 29.0. The monoisotopic (exact) mass is 407 g/mol. The zero-order valence-corrected chi connectivity index (χ0v) is 17.9. The second kappa shape index (κ2) is 8.11. The Hall–Kier alpha value is -2.86. The van der Waals surface area contributed by atoms with Crippen LogP contribution in [0.3, 0.4) is 0 Å². The number of aromatic carboxylic acids is 1. The number of hydrogen-bond acceptors (Lipinski definition) is 3. The molecule has 1 aromatic carbocycles. The molecule has 30 heavy (non-hydrogen) atoms. The third-order valence-electron chi connectivity index (χ3n) is 6.28. The van der Waals surface area contributed by atoms with Gasteiger partial charge >= 0.3 is 5.97 Å². The molecule has 2 N–H and O–H groups in total. The van der Waals surface area contributed by atoms with E-state index in [1.165, 1.54) is 36.5 Å². The molecule has 0 aliphatic carbocycles. The number of aryl methyl sites for hydroxylation is 3. The zero-order valence-electron chi connectivity index (χ0n) is 17.9. The van der Waals surface area contributed by atoms with Crippen LogP contribution in [0, 0.1) is 6.92 Å². The van der Waals surface area contributed by atoms with Gasteiger partial charge in [-0.25, -0.2) is 4.79 Å². The van der Waals surface area contributed by atoms with Crippen LogP contribution < -0.4 is 5.56 Å². The maximum Gasteiger partial charge on any atom is 0.341 e. The Balaban J connectivity index is 1.79. The summed E-state index contributed by atoms with van der Waals surface area (Å²) in [6, 6.07) is 7.93. The second-order valence-corrected chi connectivity index (χ2v) is 8.33. The van der Waals surface area contributed by atoms with E-state index in [2.05, 4.69) is 46.6 Å². The van der Waals surface area contributed by atoms with Crippen LogP contribution in [0.25, 0.3) is 22.2 Å². The number of nitrogens with zero attached hydrogens (tertiary/aromatic N) is 2. The molecule has 1 saturated heterocycles. The minimum absolute atomic E-state index is 0.211. The molecule has 0 atom stereocenters. The fourth-order valence-electron chi connectivity index (χ4n) is 4.71. The topological polar surface area (TPSA) is 78.3 Å². The number of carboxylic acid groups (broad SMARTS) is 1. The first-order chi connectivity index (χ1) is 14.4. The standard InChI is InChI=1S/C24H29N3O3/c1-4-16-13-20(24(29)30)23(28)25-21(16)17-10-15(2)22-18(11-17)12-19(26(22)3)14-27-8-6-5-7-9-27/h10-13H,4-9,14H2,1-3H3,(H,25,28)(H,29,30). The molecule has 0 bridgehead atoms. The third-order valence-corrected chi connectivity index (χ3v) is 6.28. The van der Waals surface area contributed by atoms with Crippen LogP contribution in [0.2, 0.25) is 0 Å². The van der Waals surface area contributed by atoms with E-state index in [0.717, 1.165) is 41.7 Å². The van der Waals surface area contributed by atoms with Crippen LogP contribution in [0.15, 0.2) is 29.1 Å². The van der Waals surface area contributed by atoms with Gasteiger partial charge < -0.3 is 14.7 Å². The van der Waals surface area contributed by atoms with Gasteiger partial charge in [-0.2, -0.15) is 0 Å². The highest BCUT2D eigenvalue weighted by atomic mass is 16.4. The van der Waals surface area contributed by atoms with Gasteiger partial charge in [0.05, 0.1) is 11.2 Å². The lowest BCUT2D eigenvalue weighted by Gasteiger charge is -2.26. The molecule has 6 nitrogen and oxygen atoms in total. The zero-order chi connectivity index (χ0) is 21.4. The normalized spacial score (nSPS) is 15.0. The fraction of sp³-hybridized carbons (Fsp3) is 0.417. The van der Waals surface area contributed by atoms with Crippen LogP contribution in [-0.4, -0.2) is 38.6 Å². The number of carboxylic acids is 1. The highest BCUT2D eigenvalue weighted by Crippen LogP contribution is 2.31. The van der Waals surface area contributed by atoms with Crippen LogP contribution >= 0.6 is 0 Å². The molecule has 3 heterocycles. The second-order valence-electron chi connectivity index (χ2n) is 8.33. The van der Waals surface area contributed by atoms with Crippen molar-refractivity contribution in [1.29, 1.82) is 0 Å². The Morgan fingerprint density at radius 1 is 1.13 bits per heavy atom. The predicted molar refractivity (Wildman–Crippen MR) is 119 cm³/mol. The van der Waals surface area contributed by atoms with Crippen molar-refractivity contribution in [3.8, 4) is 11.3 Å². The van der Waals surface area contributed by atoms with Gasteiger partial charge in [0.25, 0.3) is 5.56 Å². The molecule has 0 saturated carbocycles. The number of aromatic amines is 1. The van der Waals surface area contributed by atoms with Crippen molar-refractivity contribution in [2.45, 2.75) is 46.1 Å². The van der Waals surface area contributed by atoms with Crippen molar-refractivity contribution in [3.63, 3.8) is 0 Å². The summed E-state index contributed by atoms with van der Waals surface area (Å²) < 4.78 is 2.28. The maximum atomic E-state index is 12.3. The van der Waals surface area contributed by atoms with E-state index in [4.69, 9.17) is 0 Å². The van der Waals surface area contributed by atoms with Crippen LogP contribution in [-0.2, 0) is 20.0 Å². The number of carbonyl (C=O) groups is 1. The molecule has 2 aromatic heterocycles. The lowest BCUT2D eigenvalue weighted by atomic mass is 9.99. The van der Waals surface area contributed by atoms with Crippen molar-refractivity contribution in [1.82, 2.24) is 14.5 Å². The molecule has 0 spiro atoms. The van der Waals surface area contributed by atoms with E-state index in [1.807, 2.05) is 6.92 Å². The SMILES string of the molecule is CCc1cc(C(=O)O)c(=O)[nH]c1-c1cc(C)c2c(c1)cc(CN1CCCCC1)n2C. The number of pyridine rings is 1. The molecular weight excluding hydrogens is 378 g/mol. The Labute approximate surface area is 176 Å². The van der Waals surface area contributed by atoms with Gasteiger partial charge in [0, 0.05) is 24.7 Å². The summed E-state index contributed by atoms with van der Waals surface area (Å²) in [5.74, 6) is -1.20. The first-order valence-corrected chi connectivity index (χ1v) is 10.7. The molecule has 1 aliphatic rings. The highest BCUT2D eigenvalue weighted by Gasteiger charge is 2.18. The third kappa shape index (κ3) is 3.67. The minimum Gasteiger partial charge on any atom is -0.477 e. The van der Waals surface area contributed by atoms with E-state index in [1.54, 1.807) is 0 Å². The first-order valence-electron chi connectivity index (χ1n) is 10.7. The summed E-state index contributed by atoms with van der Waals surface area (Å²) in [6.45, 7) is 7.31. The van der Waals surface area contributed by atoms with Crippen molar-refractivity contribution < 1.29 is 9.90 Å². The van der Waals surface area contributed by atoms with Gasteiger partial charge in [-0.1, -0.05) is 13.3 Å². The first kappa shape index (κ1) is 20.4. The summed E-state index contributed by atoms with van der Waals surface area (Å²) in [6.07, 6.45) is 4.50. The Morgan fingerprint density at radius 3 is 2.53 bits per heavy atom. The molecule has 6 heteroatoms. The number of hydrogen-bond donors (Lipinski definition) is 2. The molecular formula is C24H29N3O3.